The Morgan fingerprint density at radius 1 is 1.16 bits per heavy atom. The van der Waals surface area contributed by atoms with Gasteiger partial charge in [-0.3, -0.25) is 9.63 Å². The Bertz CT molecular complexity index is 698. The number of hydrogen-bond acceptors (Lipinski definition) is 5. The minimum Gasteiger partial charge on any atom is -0.497 e. The number of amides is 1. The van der Waals surface area contributed by atoms with E-state index in [4.69, 9.17) is 9.57 Å². The van der Waals surface area contributed by atoms with E-state index in [0.29, 0.717) is 18.6 Å². The first-order valence-electron chi connectivity index (χ1n) is 8.45. The number of rotatable bonds is 6. The van der Waals surface area contributed by atoms with E-state index >= 15 is 0 Å². The lowest BCUT2D eigenvalue weighted by Crippen LogP contribution is -2.43. The van der Waals surface area contributed by atoms with Gasteiger partial charge in [0.05, 0.1) is 22.4 Å². The molecule has 7 heteroatoms. The first-order valence-corrected chi connectivity index (χ1v) is 9.94. The van der Waals surface area contributed by atoms with Crippen LogP contribution in [0.1, 0.15) is 52.9 Å². The molecule has 1 aliphatic rings. The molecule has 0 aliphatic heterocycles. The van der Waals surface area contributed by atoms with Crippen molar-refractivity contribution in [1.29, 1.82) is 0 Å². The van der Waals surface area contributed by atoms with Gasteiger partial charge in [-0.2, -0.15) is 0 Å². The molecule has 1 aromatic carbocycles. The van der Waals surface area contributed by atoms with Crippen molar-refractivity contribution in [2.24, 2.45) is 0 Å². The number of nitrogens with one attached hydrogen (secondary N) is 1. The Hall–Kier alpha value is -1.60. The van der Waals surface area contributed by atoms with E-state index in [0.717, 1.165) is 12.8 Å². The van der Waals surface area contributed by atoms with Crippen LogP contribution in [-0.4, -0.2) is 31.8 Å². The molecular weight excluding hydrogens is 342 g/mol. The van der Waals surface area contributed by atoms with Crippen LogP contribution in [0.2, 0.25) is 0 Å². The molecule has 25 heavy (non-hydrogen) atoms. The Kier molecular flexibility index (Phi) is 5.79. The molecule has 0 radical (unpaired) electrons. The highest BCUT2D eigenvalue weighted by atomic mass is 32.2. The molecule has 0 spiro atoms. The summed E-state index contributed by atoms with van der Waals surface area (Å²) in [5.41, 5.74) is 1.86. The van der Waals surface area contributed by atoms with Crippen LogP contribution >= 0.6 is 0 Å². The van der Waals surface area contributed by atoms with E-state index in [2.05, 4.69) is 5.48 Å². The summed E-state index contributed by atoms with van der Waals surface area (Å²) in [6.07, 6.45) is 2.44. The molecule has 0 unspecified atom stereocenters. The van der Waals surface area contributed by atoms with Crippen LogP contribution in [-0.2, 0) is 19.5 Å². The fourth-order valence-corrected chi connectivity index (χ4v) is 5.25. The molecule has 1 amide bonds. The highest BCUT2D eigenvalue weighted by molar-refractivity contribution is 7.92. The van der Waals surface area contributed by atoms with E-state index < -0.39 is 26.1 Å². The molecule has 1 N–H and O–H groups in total. The minimum absolute atomic E-state index is 0.0998. The van der Waals surface area contributed by atoms with E-state index in [-0.39, 0.29) is 11.3 Å². The third-order valence-electron chi connectivity index (χ3n) is 4.41. The van der Waals surface area contributed by atoms with Gasteiger partial charge in [-0.15, -0.1) is 0 Å². The van der Waals surface area contributed by atoms with Crippen molar-refractivity contribution in [2.75, 3.05) is 7.11 Å². The van der Waals surface area contributed by atoms with Gasteiger partial charge in [0.2, 0.25) is 5.91 Å². The lowest BCUT2D eigenvalue weighted by molar-refractivity contribution is -0.146. The van der Waals surface area contributed by atoms with Crippen molar-refractivity contribution in [3.05, 3.63) is 24.3 Å². The van der Waals surface area contributed by atoms with Crippen LogP contribution in [0.25, 0.3) is 0 Å². The van der Waals surface area contributed by atoms with Crippen molar-refractivity contribution in [3.8, 4) is 5.75 Å². The van der Waals surface area contributed by atoms with Crippen molar-refractivity contribution < 1.29 is 22.8 Å². The minimum atomic E-state index is -3.65. The maximum absolute atomic E-state index is 13.2. The number of ether oxygens (including phenoxy) is 1. The lowest BCUT2D eigenvalue weighted by Gasteiger charge is -2.29. The number of benzene rings is 1. The molecule has 1 aromatic rings. The van der Waals surface area contributed by atoms with Crippen LogP contribution in [0, 0.1) is 0 Å². The fourth-order valence-electron chi connectivity index (χ4n) is 3.10. The van der Waals surface area contributed by atoms with Gasteiger partial charge in [-0.25, -0.2) is 13.9 Å². The van der Waals surface area contributed by atoms with Crippen molar-refractivity contribution in [3.63, 3.8) is 0 Å². The number of carbonyl (C=O) groups is 1. The number of hydrogen-bond donors (Lipinski definition) is 1. The third kappa shape index (κ3) is 4.52. The van der Waals surface area contributed by atoms with Gasteiger partial charge in [0, 0.05) is 6.42 Å². The second-order valence-corrected chi connectivity index (χ2v) is 9.83. The summed E-state index contributed by atoms with van der Waals surface area (Å²) >= 11 is 0. The summed E-state index contributed by atoms with van der Waals surface area (Å²) in [6.45, 7) is 5.44. The molecule has 0 heterocycles. The molecule has 140 valence electrons. The van der Waals surface area contributed by atoms with Gasteiger partial charge in [0.25, 0.3) is 0 Å². The van der Waals surface area contributed by atoms with Crippen LogP contribution < -0.4 is 10.2 Å². The second-order valence-electron chi connectivity index (χ2n) is 7.49. The maximum Gasteiger partial charge on any atom is 0.245 e. The zero-order valence-corrected chi connectivity index (χ0v) is 16.1. The predicted molar refractivity (Wildman–Crippen MR) is 95.0 cm³/mol. The quantitative estimate of drug-likeness (QED) is 0.780. The average Bonchev–Trinajstić information content (AvgIpc) is 3.02. The molecule has 1 saturated carbocycles. The SMILES string of the molecule is COc1ccc(S(=O)(=O)C2(CC(=O)NOC(C)(C)C)CCCC2)cc1. The van der Waals surface area contributed by atoms with Crippen molar-refractivity contribution >= 4 is 15.7 Å². The van der Waals surface area contributed by atoms with Gasteiger partial charge in [0.15, 0.2) is 9.84 Å². The van der Waals surface area contributed by atoms with Crippen LogP contribution in [0.4, 0.5) is 0 Å². The molecule has 1 aliphatic carbocycles. The number of carbonyl (C=O) groups excluding carboxylic acids is 1. The molecule has 0 atom stereocenters. The Balaban J connectivity index is 2.24. The molecule has 0 bridgehead atoms. The van der Waals surface area contributed by atoms with Gasteiger partial charge in [0.1, 0.15) is 5.75 Å². The largest absolute Gasteiger partial charge is 0.497 e. The van der Waals surface area contributed by atoms with Crippen molar-refractivity contribution in [2.45, 2.75) is 68.1 Å². The summed E-state index contributed by atoms with van der Waals surface area (Å²) in [5, 5.41) is 0. The average molecular weight is 369 g/mol. The van der Waals surface area contributed by atoms with E-state index in [1.807, 2.05) is 20.8 Å². The Morgan fingerprint density at radius 2 is 1.72 bits per heavy atom. The maximum atomic E-state index is 13.2. The first kappa shape index (κ1) is 19.7. The summed E-state index contributed by atoms with van der Waals surface area (Å²) in [6, 6.07) is 6.33. The predicted octanol–water partition coefficient (Wildman–Crippen LogP) is 3.02. The molecule has 6 nitrogen and oxygen atoms in total. The smallest absolute Gasteiger partial charge is 0.245 e. The number of methoxy groups -OCH3 is 1. The van der Waals surface area contributed by atoms with Crippen molar-refractivity contribution in [1.82, 2.24) is 5.48 Å². The zero-order valence-electron chi connectivity index (χ0n) is 15.3. The van der Waals surface area contributed by atoms with E-state index in [9.17, 15) is 13.2 Å². The molecule has 0 saturated heterocycles. The van der Waals surface area contributed by atoms with Crippen LogP contribution in [0.5, 0.6) is 5.75 Å². The Morgan fingerprint density at radius 3 is 2.20 bits per heavy atom. The van der Waals surface area contributed by atoms with Gasteiger partial charge >= 0.3 is 0 Å². The fraction of sp³-hybridized carbons (Fsp3) is 0.611. The van der Waals surface area contributed by atoms with E-state index in [1.165, 1.54) is 19.2 Å². The Labute approximate surface area is 149 Å². The third-order valence-corrected chi connectivity index (χ3v) is 6.99. The highest BCUT2D eigenvalue weighted by Gasteiger charge is 2.48. The number of sulfone groups is 1. The topological polar surface area (TPSA) is 81.7 Å². The summed E-state index contributed by atoms with van der Waals surface area (Å²) < 4.78 is 30.5. The summed E-state index contributed by atoms with van der Waals surface area (Å²) in [4.78, 5) is 17.8. The van der Waals surface area contributed by atoms with E-state index in [1.54, 1.807) is 12.1 Å². The molecule has 2 rings (SSSR count). The van der Waals surface area contributed by atoms with Crippen LogP contribution in [0.15, 0.2) is 29.2 Å². The monoisotopic (exact) mass is 369 g/mol. The highest BCUT2D eigenvalue weighted by Crippen LogP contribution is 2.43. The normalized spacial score (nSPS) is 17.3. The second kappa shape index (κ2) is 7.33. The van der Waals surface area contributed by atoms with Gasteiger partial charge in [-0.05, 0) is 57.9 Å². The van der Waals surface area contributed by atoms with Gasteiger partial charge < -0.3 is 4.74 Å². The summed E-state index contributed by atoms with van der Waals surface area (Å²) in [7, 11) is -2.12. The van der Waals surface area contributed by atoms with Crippen LogP contribution in [0.3, 0.4) is 0 Å². The molecular formula is C18H27NO5S. The standard InChI is InChI=1S/C18H27NO5S/c1-17(2,3)24-19-16(20)13-18(11-5-6-12-18)25(21,22)15-9-7-14(23-4)8-10-15/h7-10H,5-6,11-13H2,1-4H3,(H,19,20). The number of hydroxylamine groups is 1. The summed E-state index contributed by atoms with van der Waals surface area (Å²) in [5.74, 6) is 0.185. The lowest BCUT2D eigenvalue weighted by atomic mass is 10.0. The molecule has 0 aromatic heterocycles. The molecule has 1 fully saturated rings. The zero-order chi connectivity index (χ0) is 18.7. The van der Waals surface area contributed by atoms with Gasteiger partial charge in [-0.1, -0.05) is 12.8 Å². The first-order chi connectivity index (χ1) is 11.6.